The molecule has 0 aliphatic carbocycles. The van der Waals surface area contributed by atoms with Crippen LogP contribution in [0.2, 0.25) is 10.2 Å². The zero-order chi connectivity index (χ0) is 16.3. The largest absolute Gasteiger partial charge is 0.496 e. The summed E-state index contributed by atoms with van der Waals surface area (Å²) in [6.07, 6.45) is 1.39. The molecule has 1 aromatic heterocycles. The molecule has 0 radical (unpaired) electrons. The van der Waals surface area contributed by atoms with Crippen LogP contribution in [0, 0.1) is 6.92 Å². The van der Waals surface area contributed by atoms with E-state index in [4.69, 9.17) is 27.9 Å². The Labute approximate surface area is 139 Å². The summed E-state index contributed by atoms with van der Waals surface area (Å²) >= 11 is 11.6. The van der Waals surface area contributed by atoms with E-state index in [2.05, 4.69) is 10.3 Å². The van der Waals surface area contributed by atoms with E-state index in [0.29, 0.717) is 5.56 Å². The molecule has 0 fully saturated rings. The normalized spacial score (nSPS) is 11.9. The van der Waals surface area contributed by atoms with Gasteiger partial charge in [-0.1, -0.05) is 40.9 Å². The minimum Gasteiger partial charge on any atom is -0.496 e. The Balaban J connectivity index is 2.21. The maximum atomic E-state index is 12.3. The predicted octanol–water partition coefficient (Wildman–Crippen LogP) is 4.20. The van der Waals surface area contributed by atoms with Gasteiger partial charge in [-0.2, -0.15) is 0 Å². The first-order valence-corrected chi connectivity index (χ1v) is 7.44. The lowest BCUT2D eigenvalue weighted by molar-refractivity contribution is 0.0939. The molecule has 1 atom stereocenters. The lowest BCUT2D eigenvalue weighted by Gasteiger charge is -2.18. The molecule has 0 saturated carbocycles. The van der Waals surface area contributed by atoms with Crippen LogP contribution in [0.5, 0.6) is 5.75 Å². The van der Waals surface area contributed by atoms with E-state index < -0.39 is 0 Å². The number of hydrogen-bond donors (Lipinski definition) is 1. The van der Waals surface area contributed by atoms with Gasteiger partial charge < -0.3 is 10.1 Å². The number of hydrogen-bond acceptors (Lipinski definition) is 3. The first kappa shape index (κ1) is 16.6. The van der Waals surface area contributed by atoms with Gasteiger partial charge in [0.2, 0.25) is 0 Å². The molecular formula is C16H16Cl2N2O2. The van der Waals surface area contributed by atoms with Gasteiger partial charge in [-0.3, -0.25) is 4.79 Å². The highest BCUT2D eigenvalue weighted by Crippen LogP contribution is 2.26. The number of carbonyl (C=O) groups is 1. The molecule has 1 unspecified atom stereocenters. The molecule has 22 heavy (non-hydrogen) atoms. The number of nitrogens with one attached hydrogen (secondary N) is 1. The lowest BCUT2D eigenvalue weighted by Crippen LogP contribution is -2.27. The SMILES string of the molecule is COc1ccc(C)cc1C(C)NC(=O)c1cnc(Cl)c(Cl)c1. The number of aromatic nitrogens is 1. The molecule has 0 spiro atoms. The van der Waals surface area contributed by atoms with E-state index in [0.717, 1.165) is 16.9 Å². The molecule has 1 heterocycles. The van der Waals surface area contributed by atoms with E-state index in [-0.39, 0.29) is 22.1 Å². The first-order valence-electron chi connectivity index (χ1n) is 6.69. The zero-order valence-electron chi connectivity index (χ0n) is 12.5. The molecule has 116 valence electrons. The molecule has 1 N–H and O–H groups in total. The number of pyridine rings is 1. The third kappa shape index (κ3) is 3.70. The fourth-order valence-corrected chi connectivity index (χ4v) is 2.36. The van der Waals surface area contributed by atoms with E-state index in [1.54, 1.807) is 7.11 Å². The number of amides is 1. The van der Waals surface area contributed by atoms with Crippen molar-refractivity contribution >= 4 is 29.1 Å². The lowest BCUT2D eigenvalue weighted by atomic mass is 10.0. The number of nitrogens with zero attached hydrogens (tertiary/aromatic N) is 1. The highest BCUT2D eigenvalue weighted by Gasteiger charge is 2.16. The first-order chi connectivity index (χ1) is 10.4. The molecule has 1 amide bonds. The average molecular weight is 339 g/mol. The summed E-state index contributed by atoms with van der Waals surface area (Å²) in [5.74, 6) is 0.452. The number of aryl methyl sites for hydroxylation is 1. The Morgan fingerprint density at radius 1 is 1.32 bits per heavy atom. The van der Waals surface area contributed by atoms with E-state index >= 15 is 0 Å². The maximum Gasteiger partial charge on any atom is 0.253 e. The molecule has 4 nitrogen and oxygen atoms in total. The summed E-state index contributed by atoms with van der Waals surface area (Å²) in [4.78, 5) is 16.2. The Kier molecular flexibility index (Phi) is 5.27. The average Bonchev–Trinajstić information content (AvgIpc) is 2.49. The summed E-state index contributed by atoms with van der Waals surface area (Å²) in [5.41, 5.74) is 2.35. The summed E-state index contributed by atoms with van der Waals surface area (Å²) in [7, 11) is 1.60. The monoisotopic (exact) mass is 338 g/mol. The van der Waals surface area contributed by atoms with E-state index in [1.165, 1.54) is 12.3 Å². The van der Waals surface area contributed by atoms with Crippen molar-refractivity contribution in [3.63, 3.8) is 0 Å². The van der Waals surface area contributed by atoms with Gasteiger partial charge in [0.05, 0.1) is 23.7 Å². The summed E-state index contributed by atoms with van der Waals surface area (Å²) < 4.78 is 5.34. The van der Waals surface area contributed by atoms with E-state index in [1.807, 2.05) is 32.0 Å². The van der Waals surface area contributed by atoms with Gasteiger partial charge in [-0.15, -0.1) is 0 Å². The van der Waals surface area contributed by atoms with Crippen molar-refractivity contribution in [2.75, 3.05) is 7.11 Å². The predicted molar refractivity (Wildman–Crippen MR) is 87.9 cm³/mol. The second-order valence-corrected chi connectivity index (χ2v) is 5.70. The molecule has 0 bridgehead atoms. The fourth-order valence-electron chi connectivity index (χ4n) is 2.10. The van der Waals surface area contributed by atoms with Crippen LogP contribution in [0.1, 0.15) is 34.5 Å². The smallest absolute Gasteiger partial charge is 0.253 e. The quantitative estimate of drug-likeness (QED) is 0.850. The number of halogens is 2. The highest BCUT2D eigenvalue weighted by molar-refractivity contribution is 6.41. The molecule has 0 saturated heterocycles. The van der Waals surface area contributed by atoms with E-state index in [9.17, 15) is 4.79 Å². The summed E-state index contributed by atoms with van der Waals surface area (Å²) in [6, 6.07) is 7.09. The number of carbonyl (C=O) groups excluding carboxylic acids is 1. The van der Waals surface area contributed by atoms with Crippen LogP contribution in [0.3, 0.4) is 0 Å². The van der Waals surface area contributed by atoms with Gasteiger partial charge in [0.1, 0.15) is 10.9 Å². The summed E-state index contributed by atoms with van der Waals surface area (Å²) in [6.45, 7) is 3.88. The van der Waals surface area contributed by atoms with Crippen LogP contribution in [0.25, 0.3) is 0 Å². The minimum absolute atomic E-state index is 0.173. The van der Waals surface area contributed by atoms with Crippen LogP contribution >= 0.6 is 23.2 Å². The molecular weight excluding hydrogens is 323 g/mol. The van der Waals surface area contributed by atoms with Gasteiger partial charge in [-0.05, 0) is 26.0 Å². The second-order valence-electron chi connectivity index (χ2n) is 4.94. The van der Waals surface area contributed by atoms with Crippen LogP contribution in [-0.2, 0) is 0 Å². The molecule has 6 heteroatoms. The Morgan fingerprint density at radius 2 is 2.05 bits per heavy atom. The molecule has 1 aromatic carbocycles. The van der Waals surface area contributed by atoms with Crippen LogP contribution in [0.15, 0.2) is 30.5 Å². The van der Waals surface area contributed by atoms with Gasteiger partial charge in [0.15, 0.2) is 0 Å². The Bertz CT molecular complexity index is 705. The number of ether oxygens (including phenoxy) is 1. The Morgan fingerprint density at radius 3 is 2.68 bits per heavy atom. The van der Waals surface area contributed by atoms with Crippen LogP contribution < -0.4 is 10.1 Å². The summed E-state index contributed by atoms with van der Waals surface area (Å²) in [5, 5.41) is 3.32. The van der Waals surface area contributed by atoms with Crippen LogP contribution in [-0.4, -0.2) is 18.0 Å². The molecule has 0 aliphatic heterocycles. The number of benzene rings is 1. The van der Waals surface area contributed by atoms with Gasteiger partial charge >= 0.3 is 0 Å². The zero-order valence-corrected chi connectivity index (χ0v) is 14.0. The third-order valence-electron chi connectivity index (χ3n) is 3.26. The topological polar surface area (TPSA) is 51.2 Å². The Hall–Kier alpha value is -1.78. The van der Waals surface area contributed by atoms with Crippen molar-refractivity contribution in [1.29, 1.82) is 0 Å². The van der Waals surface area contributed by atoms with Crippen molar-refractivity contribution in [3.8, 4) is 5.75 Å². The van der Waals surface area contributed by atoms with Crippen LogP contribution in [0.4, 0.5) is 0 Å². The molecule has 2 rings (SSSR count). The second kappa shape index (κ2) is 6.99. The fraction of sp³-hybridized carbons (Fsp3) is 0.250. The van der Waals surface area contributed by atoms with Gasteiger partial charge in [0.25, 0.3) is 5.91 Å². The third-order valence-corrected chi connectivity index (χ3v) is 3.94. The molecule has 2 aromatic rings. The molecule has 0 aliphatic rings. The number of rotatable bonds is 4. The van der Waals surface area contributed by atoms with Gasteiger partial charge in [-0.25, -0.2) is 4.98 Å². The minimum atomic E-state index is -0.276. The van der Waals surface area contributed by atoms with Crippen molar-refractivity contribution in [2.45, 2.75) is 19.9 Å². The van der Waals surface area contributed by atoms with Crippen molar-refractivity contribution in [2.24, 2.45) is 0 Å². The highest BCUT2D eigenvalue weighted by atomic mass is 35.5. The van der Waals surface area contributed by atoms with Crippen molar-refractivity contribution in [1.82, 2.24) is 10.3 Å². The van der Waals surface area contributed by atoms with Gasteiger partial charge in [0, 0.05) is 11.8 Å². The van der Waals surface area contributed by atoms with Crippen molar-refractivity contribution in [3.05, 3.63) is 57.3 Å². The number of methoxy groups -OCH3 is 1. The standard InChI is InChI=1S/C16H16Cl2N2O2/c1-9-4-5-14(22-3)12(6-9)10(2)20-16(21)11-7-13(17)15(18)19-8-11/h4-8,10H,1-3H3,(H,20,21). The van der Waals surface area contributed by atoms with Crippen molar-refractivity contribution < 1.29 is 9.53 Å². The maximum absolute atomic E-state index is 12.3.